The minimum absolute atomic E-state index is 0.799. The van der Waals surface area contributed by atoms with Crippen LogP contribution in [0.4, 0.5) is 5.95 Å². The number of piperidine rings is 1. The number of anilines is 1. The van der Waals surface area contributed by atoms with Crippen LogP contribution in [0.1, 0.15) is 19.3 Å². The Morgan fingerprint density at radius 3 is 2.83 bits per heavy atom. The molecule has 1 saturated heterocycles. The molecule has 0 bridgehead atoms. The summed E-state index contributed by atoms with van der Waals surface area (Å²) < 4.78 is 2.01. The summed E-state index contributed by atoms with van der Waals surface area (Å²) in [6.07, 6.45) is 9.16. The first-order valence-corrected chi connectivity index (χ1v) is 8.27. The number of aromatic amines is 1. The number of rotatable bonds is 2. The smallest absolute Gasteiger partial charge is 0.227 e. The second kappa shape index (κ2) is 5.30. The van der Waals surface area contributed by atoms with Gasteiger partial charge in [0.15, 0.2) is 5.65 Å². The molecule has 5 rings (SSSR count). The lowest BCUT2D eigenvalue weighted by Crippen LogP contribution is -2.31. The minimum Gasteiger partial charge on any atom is -0.341 e. The lowest BCUT2D eigenvalue weighted by molar-refractivity contribution is 0.569. The number of imidazole rings is 1. The predicted molar refractivity (Wildman–Crippen MR) is 92.4 cm³/mol. The maximum Gasteiger partial charge on any atom is 0.227 e. The van der Waals surface area contributed by atoms with E-state index in [1.165, 1.54) is 19.3 Å². The highest BCUT2D eigenvalue weighted by atomic mass is 15.3. The number of aromatic nitrogens is 6. The zero-order chi connectivity index (χ0) is 15.9. The average molecular weight is 319 g/mol. The Morgan fingerprint density at radius 2 is 1.92 bits per heavy atom. The standard InChI is InChI=1S/C17H17N7/c1-2-6-23(7-3-1)17-18-10-15-16(21-17)24(11-19-15)13-4-5-14-12(8-13)9-20-22-14/h4-5,8-11H,1-3,6-7H2,(H,20,22). The van der Waals surface area contributed by atoms with E-state index in [2.05, 4.69) is 31.1 Å². The Kier molecular flexibility index (Phi) is 2.97. The van der Waals surface area contributed by atoms with Crippen molar-refractivity contribution in [3.8, 4) is 5.69 Å². The highest BCUT2D eigenvalue weighted by Crippen LogP contribution is 2.22. The third-order valence-electron chi connectivity index (χ3n) is 4.62. The van der Waals surface area contributed by atoms with Gasteiger partial charge in [-0.1, -0.05) is 0 Å². The van der Waals surface area contributed by atoms with Gasteiger partial charge in [-0.05, 0) is 37.5 Å². The molecule has 0 saturated carbocycles. The fourth-order valence-corrected chi connectivity index (χ4v) is 3.32. The van der Waals surface area contributed by atoms with Crippen molar-refractivity contribution in [3.05, 3.63) is 36.9 Å². The van der Waals surface area contributed by atoms with Crippen LogP contribution in [0.25, 0.3) is 27.8 Å². The van der Waals surface area contributed by atoms with E-state index in [-0.39, 0.29) is 0 Å². The minimum atomic E-state index is 0.799. The van der Waals surface area contributed by atoms with Crippen LogP contribution < -0.4 is 4.90 Å². The summed E-state index contributed by atoms with van der Waals surface area (Å²) in [6.45, 7) is 2.06. The van der Waals surface area contributed by atoms with Gasteiger partial charge in [0.25, 0.3) is 0 Å². The van der Waals surface area contributed by atoms with Crippen molar-refractivity contribution < 1.29 is 0 Å². The lowest BCUT2D eigenvalue weighted by atomic mass is 10.1. The van der Waals surface area contributed by atoms with Crippen molar-refractivity contribution in [1.29, 1.82) is 0 Å². The molecule has 1 aliphatic heterocycles. The summed E-state index contributed by atoms with van der Waals surface area (Å²) in [6, 6.07) is 6.16. The summed E-state index contributed by atoms with van der Waals surface area (Å²) in [4.78, 5) is 16.0. The molecule has 0 amide bonds. The molecule has 1 N–H and O–H groups in total. The van der Waals surface area contributed by atoms with Crippen LogP contribution in [0.5, 0.6) is 0 Å². The molecule has 0 unspecified atom stereocenters. The van der Waals surface area contributed by atoms with E-state index in [1.54, 1.807) is 6.33 Å². The van der Waals surface area contributed by atoms with Gasteiger partial charge in [0.05, 0.1) is 17.9 Å². The molecule has 24 heavy (non-hydrogen) atoms. The number of hydrogen-bond acceptors (Lipinski definition) is 5. The number of hydrogen-bond donors (Lipinski definition) is 1. The first-order chi connectivity index (χ1) is 11.9. The van der Waals surface area contributed by atoms with Crippen molar-refractivity contribution in [2.24, 2.45) is 0 Å². The fourth-order valence-electron chi connectivity index (χ4n) is 3.32. The topological polar surface area (TPSA) is 75.5 Å². The Balaban J connectivity index is 1.62. The van der Waals surface area contributed by atoms with Crippen LogP contribution in [0, 0.1) is 0 Å². The van der Waals surface area contributed by atoms with Gasteiger partial charge in [-0.3, -0.25) is 9.67 Å². The van der Waals surface area contributed by atoms with Crippen molar-refractivity contribution in [2.45, 2.75) is 19.3 Å². The van der Waals surface area contributed by atoms with Gasteiger partial charge < -0.3 is 4.90 Å². The van der Waals surface area contributed by atoms with E-state index in [0.717, 1.165) is 46.8 Å². The second-order valence-corrected chi connectivity index (χ2v) is 6.18. The largest absolute Gasteiger partial charge is 0.341 e. The molecule has 1 fully saturated rings. The predicted octanol–water partition coefficient (Wildman–Crippen LogP) is 2.68. The number of fused-ring (bicyclic) bond motifs is 2. The summed E-state index contributed by atoms with van der Waals surface area (Å²) in [5.74, 6) is 0.799. The third-order valence-corrected chi connectivity index (χ3v) is 4.62. The van der Waals surface area contributed by atoms with Crippen molar-refractivity contribution >= 4 is 28.0 Å². The summed E-state index contributed by atoms with van der Waals surface area (Å²) in [5.41, 5.74) is 3.69. The molecule has 0 aliphatic carbocycles. The van der Waals surface area contributed by atoms with Crippen LogP contribution >= 0.6 is 0 Å². The summed E-state index contributed by atoms with van der Waals surface area (Å²) >= 11 is 0. The van der Waals surface area contributed by atoms with Gasteiger partial charge in [-0.25, -0.2) is 9.97 Å². The van der Waals surface area contributed by atoms with E-state index >= 15 is 0 Å². The lowest BCUT2D eigenvalue weighted by Gasteiger charge is -2.26. The first-order valence-electron chi connectivity index (χ1n) is 8.27. The van der Waals surface area contributed by atoms with Crippen LogP contribution in [0.15, 0.2) is 36.9 Å². The monoisotopic (exact) mass is 319 g/mol. The maximum atomic E-state index is 4.79. The SMILES string of the molecule is c1cc2[nH]ncc2cc1-n1cnc2cnc(N3CCCCC3)nc21. The fraction of sp³-hybridized carbons (Fsp3) is 0.294. The van der Waals surface area contributed by atoms with Crippen LogP contribution in [0.3, 0.4) is 0 Å². The molecule has 4 heterocycles. The molecule has 4 aromatic rings. The maximum absolute atomic E-state index is 4.79. The quantitative estimate of drug-likeness (QED) is 0.615. The Hall–Kier alpha value is -2.96. The zero-order valence-electron chi connectivity index (χ0n) is 13.2. The van der Waals surface area contributed by atoms with E-state index in [9.17, 15) is 0 Å². The molecular formula is C17H17N7. The van der Waals surface area contributed by atoms with Gasteiger partial charge in [0.1, 0.15) is 11.8 Å². The van der Waals surface area contributed by atoms with Crippen molar-refractivity contribution in [2.75, 3.05) is 18.0 Å². The van der Waals surface area contributed by atoms with E-state index in [1.807, 2.05) is 29.1 Å². The molecule has 3 aromatic heterocycles. The van der Waals surface area contributed by atoms with Crippen LogP contribution in [-0.4, -0.2) is 42.8 Å². The van der Waals surface area contributed by atoms with Gasteiger partial charge >= 0.3 is 0 Å². The highest BCUT2D eigenvalue weighted by Gasteiger charge is 2.16. The molecular weight excluding hydrogens is 302 g/mol. The Morgan fingerprint density at radius 1 is 1.00 bits per heavy atom. The second-order valence-electron chi connectivity index (χ2n) is 6.18. The number of benzene rings is 1. The molecule has 120 valence electrons. The number of nitrogens with one attached hydrogen (secondary N) is 1. The molecule has 7 nitrogen and oxygen atoms in total. The van der Waals surface area contributed by atoms with Crippen LogP contribution in [-0.2, 0) is 0 Å². The number of nitrogens with zero attached hydrogens (tertiary/aromatic N) is 6. The molecule has 1 aliphatic rings. The van der Waals surface area contributed by atoms with Gasteiger partial charge in [0.2, 0.25) is 5.95 Å². The van der Waals surface area contributed by atoms with Gasteiger partial charge in [-0.15, -0.1) is 0 Å². The average Bonchev–Trinajstić information content (AvgIpc) is 3.27. The van der Waals surface area contributed by atoms with Crippen LogP contribution in [0.2, 0.25) is 0 Å². The van der Waals surface area contributed by atoms with E-state index in [0.29, 0.717) is 0 Å². The molecule has 0 radical (unpaired) electrons. The summed E-state index contributed by atoms with van der Waals surface area (Å²) in [7, 11) is 0. The molecule has 7 heteroatoms. The van der Waals surface area contributed by atoms with Gasteiger partial charge in [0, 0.05) is 24.2 Å². The normalized spacial score (nSPS) is 15.4. The van der Waals surface area contributed by atoms with Gasteiger partial charge in [-0.2, -0.15) is 10.1 Å². The third kappa shape index (κ3) is 2.12. The van der Waals surface area contributed by atoms with Crippen molar-refractivity contribution in [3.63, 3.8) is 0 Å². The summed E-state index contributed by atoms with van der Waals surface area (Å²) in [5, 5.41) is 8.12. The zero-order valence-corrected chi connectivity index (χ0v) is 13.2. The molecule has 1 aromatic carbocycles. The molecule has 0 spiro atoms. The number of H-pyrrole nitrogens is 1. The molecule has 0 atom stereocenters. The highest BCUT2D eigenvalue weighted by molar-refractivity contribution is 5.81. The van der Waals surface area contributed by atoms with E-state index in [4.69, 9.17) is 4.98 Å². The van der Waals surface area contributed by atoms with E-state index < -0.39 is 0 Å². The Bertz CT molecular complexity index is 1010. The van der Waals surface area contributed by atoms with Crippen molar-refractivity contribution in [1.82, 2.24) is 29.7 Å². The first kappa shape index (κ1) is 13.5. The Labute approximate surface area is 138 Å².